The van der Waals surface area contributed by atoms with Crippen LogP contribution in [0.4, 0.5) is 13.2 Å². The lowest BCUT2D eigenvalue weighted by Gasteiger charge is -2.40. The molecule has 64 valence electrons. The third-order valence-electron chi connectivity index (χ3n) is 1.78. The molecule has 1 atom stereocenters. The zero-order valence-corrected chi connectivity index (χ0v) is 5.40. The van der Waals surface area contributed by atoms with Gasteiger partial charge in [-0.15, -0.1) is 0 Å². The Labute approximate surface area is 60.2 Å². The highest BCUT2D eigenvalue weighted by atomic mass is 19.4. The lowest BCUT2D eigenvalue weighted by Crippen LogP contribution is -2.70. The molecule has 0 aliphatic carbocycles. The highest BCUT2D eigenvalue weighted by Gasteiger charge is 2.64. The van der Waals surface area contributed by atoms with Crippen LogP contribution in [0.3, 0.4) is 0 Å². The molecule has 1 aliphatic rings. The standard InChI is InChI=1S/C5H6F3NO2/c6-5(7,8)4(3(10)11)1-2-9-4/h9H,1-2H2,(H,10,11)/t4-/m1/s1. The Kier molecular flexibility index (Phi) is 1.59. The average Bonchev–Trinajstić information content (AvgIpc) is 1.52. The Morgan fingerprint density at radius 1 is 1.55 bits per heavy atom. The van der Waals surface area contributed by atoms with Gasteiger partial charge in [-0.25, -0.2) is 4.79 Å². The normalized spacial score (nSPS) is 31.2. The number of nitrogens with one attached hydrogen (secondary N) is 1. The van der Waals surface area contributed by atoms with E-state index in [1.807, 2.05) is 5.32 Å². The fourth-order valence-corrected chi connectivity index (χ4v) is 0.921. The SMILES string of the molecule is O=C(O)[C@@]1(C(F)(F)F)CCN1. The first-order valence-corrected chi connectivity index (χ1v) is 2.95. The van der Waals surface area contributed by atoms with E-state index in [1.54, 1.807) is 0 Å². The Morgan fingerprint density at radius 3 is 2.00 bits per heavy atom. The highest BCUT2D eigenvalue weighted by molar-refractivity contribution is 5.81. The van der Waals surface area contributed by atoms with Gasteiger partial charge in [0, 0.05) is 0 Å². The van der Waals surface area contributed by atoms with E-state index in [1.165, 1.54) is 0 Å². The van der Waals surface area contributed by atoms with Crippen molar-refractivity contribution in [1.82, 2.24) is 5.32 Å². The first kappa shape index (κ1) is 8.32. The molecule has 0 spiro atoms. The van der Waals surface area contributed by atoms with E-state index < -0.39 is 17.7 Å². The van der Waals surface area contributed by atoms with E-state index >= 15 is 0 Å². The second-order valence-electron chi connectivity index (χ2n) is 2.39. The van der Waals surface area contributed by atoms with Crippen LogP contribution in [-0.2, 0) is 4.79 Å². The van der Waals surface area contributed by atoms with Crippen LogP contribution in [0.1, 0.15) is 6.42 Å². The van der Waals surface area contributed by atoms with Gasteiger partial charge in [-0.05, 0) is 13.0 Å². The zero-order chi connectivity index (χ0) is 8.70. The molecule has 0 bridgehead atoms. The van der Waals surface area contributed by atoms with Crippen LogP contribution in [0.25, 0.3) is 0 Å². The summed E-state index contributed by atoms with van der Waals surface area (Å²) < 4.78 is 35.9. The summed E-state index contributed by atoms with van der Waals surface area (Å²) in [5.41, 5.74) is -2.67. The first-order chi connectivity index (χ1) is 4.90. The van der Waals surface area contributed by atoms with Crippen molar-refractivity contribution >= 4 is 5.97 Å². The second-order valence-corrected chi connectivity index (χ2v) is 2.39. The van der Waals surface area contributed by atoms with E-state index in [9.17, 15) is 18.0 Å². The lowest BCUT2D eigenvalue weighted by molar-refractivity contribution is -0.224. The molecule has 0 radical (unpaired) electrons. The molecule has 2 N–H and O–H groups in total. The van der Waals surface area contributed by atoms with Gasteiger partial charge in [0.05, 0.1) is 0 Å². The number of carboxylic acids is 1. The van der Waals surface area contributed by atoms with E-state index in [-0.39, 0.29) is 13.0 Å². The quantitative estimate of drug-likeness (QED) is 0.596. The fraction of sp³-hybridized carbons (Fsp3) is 0.800. The third kappa shape index (κ3) is 0.973. The van der Waals surface area contributed by atoms with Crippen molar-refractivity contribution in [1.29, 1.82) is 0 Å². The highest BCUT2D eigenvalue weighted by Crippen LogP contribution is 2.37. The summed E-state index contributed by atoms with van der Waals surface area (Å²) in [5, 5.41) is 10.1. The van der Waals surface area contributed by atoms with Gasteiger partial charge in [-0.1, -0.05) is 0 Å². The smallest absolute Gasteiger partial charge is 0.417 e. The van der Waals surface area contributed by atoms with Crippen LogP contribution in [0, 0.1) is 0 Å². The van der Waals surface area contributed by atoms with Crippen molar-refractivity contribution in [3.63, 3.8) is 0 Å². The molecule has 0 aromatic heterocycles. The molecule has 6 heteroatoms. The van der Waals surface area contributed by atoms with Gasteiger partial charge in [0.25, 0.3) is 0 Å². The molecule has 0 saturated carbocycles. The van der Waals surface area contributed by atoms with Crippen molar-refractivity contribution in [2.24, 2.45) is 0 Å². The van der Waals surface area contributed by atoms with E-state index in [2.05, 4.69) is 0 Å². The summed E-state index contributed by atoms with van der Waals surface area (Å²) in [7, 11) is 0. The molecule has 0 unspecified atom stereocenters. The van der Waals surface area contributed by atoms with E-state index in [0.717, 1.165) is 0 Å². The number of carboxylic acid groups (broad SMARTS) is 1. The summed E-state index contributed by atoms with van der Waals surface area (Å²) in [5.74, 6) is -1.85. The average molecular weight is 169 g/mol. The van der Waals surface area contributed by atoms with Crippen LogP contribution in [0.2, 0.25) is 0 Å². The van der Waals surface area contributed by atoms with Crippen molar-refractivity contribution in [3.8, 4) is 0 Å². The van der Waals surface area contributed by atoms with Gasteiger partial charge < -0.3 is 5.11 Å². The molecule has 1 saturated heterocycles. The minimum Gasteiger partial charge on any atom is -0.480 e. The minimum atomic E-state index is -4.70. The number of hydrogen-bond acceptors (Lipinski definition) is 2. The fourth-order valence-electron chi connectivity index (χ4n) is 0.921. The van der Waals surface area contributed by atoms with Gasteiger partial charge in [0.1, 0.15) is 0 Å². The van der Waals surface area contributed by atoms with Crippen LogP contribution in [0.5, 0.6) is 0 Å². The molecular weight excluding hydrogens is 163 g/mol. The van der Waals surface area contributed by atoms with Gasteiger partial charge in [-0.3, -0.25) is 5.32 Å². The van der Waals surface area contributed by atoms with E-state index in [4.69, 9.17) is 5.11 Å². The van der Waals surface area contributed by atoms with Crippen molar-refractivity contribution in [2.45, 2.75) is 18.1 Å². The second kappa shape index (κ2) is 2.10. The maximum Gasteiger partial charge on any atom is 0.417 e. The van der Waals surface area contributed by atoms with Gasteiger partial charge >= 0.3 is 12.1 Å². The Bertz CT molecular complexity index is 185. The van der Waals surface area contributed by atoms with E-state index in [0.29, 0.717) is 0 Å². The van der Waals surface area contributed by atoms with Crippen LogP contribution < -0.4 is 5.32 Å². The number of aliphatic carboxylic acids is 1. The van der Waals surface area contributed by atoms with Crippen LogP contribution in [-0.4, -0.2) is 29.3 Å². The van der Waals surface area contributed by atoms with Gasteiger partial charge in [0.2, 0.25) is 5.54 Å². The molecule has 0 aromatic rings. The summed E-state index contributed by atoms with van der Waals surface area (Å²) in [4.78, 5) is 10.2. The number of hydrogen-bond donors (Lipinski definition) is 2. The maximum atomic E-state index is 12.0. The largest absolute Gasteiger partial charge is 0.480 e. The monoisotopic (exact) mass is 169 g/mol. The molecular formula is C5H6F3NO2. The third-order valence-corrected chi connectivity index (χ3v) is 1.78. The van der Waals surface area contributed by atoms with Crippen molar-refractivity contribution in [3.05, 3.63) is 0 Å². The topological polar surface area (TPSA) is 49.3 Å². The first-order valence-electron chi connectivity index (χ1n) is 2.95. The molecule has 0 aromatic carbocycles. The van der Waals surface area contributed by atoms with Crippen molar-refractivity contribution < 1.29 is 23.1 Å². The van der Waals surface area contributed by atoms with Crippen LogP contribution in [0.15, 0.2) is 0 Å². The lowest BCUT2D eigenvalue weighted by atomic mass is 9.87. The van der Waals surface area contributed by atoms with Gasteiger partial charge in [0.15, 0.2) is 0 Å². The summed E-state index contributed by atoms with van der Waals surface area (Å²) >= 11 is 0. The molecule has 1 aliphatic heterocycles. The van der Waals surface area contributed by atoms with Crippen molar-refractivity contribution in [2.75, 3.05) is 6.54 Å². The minimum absolute atomic E-state index is 0.103. The predicted molar refractivity (Wildman–Crippen MR) is 29.0 cm³/mol. The summed E-state index contributed by atoms with van der Waals surface area (Å²) in [6, 6.07) is 0. The Balaban J connectivity index is 2.85. The number of halogens is 3. The number of carbonyl (C=O) groups is 1. The Morgan fingerprint density at radius 2 is 2.00 bits per heavy atom. The predicted octanol–water partition coefficient (Wildman–Crippen LogP) is 0.365. The molecule has 1 fully saturated rings. The summed E-state index contributed by atoms with van der Waals surface area (Å²) in [6.07, 6.45) is -5.08. The molecule has 11 heavy (non-hydrogen) atoms. The zero-order valence-electron chi connectivity index (χ0n) is 5.40. The molecule has 0 amide bonds. The van der Waals surface area contributed by atoms with Crippen LogP contribution >= 0.6 is 0 Å². The Hall–Kier alpha value is -0.780. The maximum absolute atomic E-state index is 12.0. The molecule has 3 nitrogen and oxygen atoms in total. The number of rotatable bonds is 1. The molecule has 1 heterocycles. The molecule has 1 rings (SSSR count). The summed E-state index contributed by atoms with van der Waals surface area (Å²) in [6.45, 7) is 0.103. The van der Waals surface area contributed by atoms with Gasteiger partial charge in [-0.2, -0.15) is 13.2 Å². The number of alkyl halides is 3.